The smallest absolute Gasteiger partial charge is 0.294 e. The lowest BCUT2D eigenvalue weighted by molar-refractivity contribution is 0.751. The molecule has 0 aliphatic carbocycles. The molecule has 4 nitrogen and oxygen atoms in total. The minimum atomic E-state index is -0.177. The van der Waals surface area contributed by atoms with Crippen molar-refractivity contribution in [3.05, 3.63) is 68.9 Å². The third-order valence-corrected chi connectivity index (χ3v) is 3.63. The van der Waals surface area contributed by atoms with Gasteiger partial charge in [-0.05, 0) is 12.1 Å². The lowest BCUT2D eigenvalue weighted by Gasteiger charge is -2.09. The summed E-state index contributed by atoms with van der Waals surface area (Å²) >= 11 is 12.2. The number of benzene rings is 1. The van der Waals surface area contributed by atoms with Crippen LogP contribution in [0.5, 0.6) is 0 Å². The Bertz CT molecular complexity index is 787. The van der Waals surface area contributed by atoms with Crippen LogP contribution in [0.2, 0.25) is 10.0 Å². The lowest BCUT2D eigenvalue weighted by atomic mass is 10.2. The number of aromatic nitrogens is 3. The van der Waals surface area contributed by atoms with Gasteiger partial charge in [0.2, 0.25) is 5.65 Å². The first-order valence-electron chi connectivity index (χ1n) is 5.62. The second kappa shape index (κ2) is 4.72. The highest BCUT2D eigenvalue weighted by atomic mass is 35.5. The van der Waals surface area contributed by atoms with Crippen LogP contribution in [0.3, 0.4) is 0 Å². The Balaban J connectivity index is 2.11. The van der Waals surface area contributed by atoms with E-state index >= 15 is 0 Å². The van der Waals surface area contributed by atoms with Gasteiger partial charge in [-0.2, -0.15) is 0 Å². The molecule has 0 aliphatic rings. The number of rotatable bonds is 2. The molecule has 0 N–H and O–H groups in total. The molecule has 0 atom stereocenters. The Morgan fingerprint density at radius 1 is 1.11 bits per heavy atom. The summed E-state index contributed by atoms with van der Waals surface area (Å²) in [4.78, 5) is 16.2. The van der Waals surface area contributed by atoms with Gasteiger partial charge in [-0.1, -0.05) is 29.3 Å². The van der Waals surface area contributed by atoms with Crippen LogP contribution in [0.15, 0.2) is 47.8 Å². The molecule has 3 aromatic rings. The van der Waals surface area contributed by atoms with Gasteiger partial charge in [-0.3, -0.25) is 4.79 Å². The van der Waals surface area contributed by atoms with Crippen molar-refractivity contribution in [1.82, 2.24) is 14.0 Å². The molecule has 19 heavy (non-hydrogen) atoms. The average molecular weight is 294 g/mol. The highest BCUT2D eigenvalue weighted by Gasteiger charge is 2.09. The number of hydrogen-bond donors (Lipinski definition) is 0. The van der Waals surface area contributed by atoms with Crippen molar-refractivity contribution in [2.24, 2.45) is 0 Å². The zero-order valence-electron chi connectivity index (χ0n) is 9.75. The van der Waals surface area contributed by atoms with E-state index in [1.807, 2.05) is 0 Å². The first-order chi connectivity index (χ1) is 9.16. The average Bonchev–Trinajstić information content (AvgIpc) is 2.85. The standard InChI is InChI=1S/C13H9Cl2N3O/c14-10-2-1-3-11(15)9(10)8-18-7-6-17-5-4-16-12(17)13(18)19/h1-7H,8H2. The van der Waals surface area contributed by atoms with Crippen molar-refractivity contribution in [3.8, 4) is 0 Å². The van der Waals surface area contributed by atoms with Crippen LogP contribution in [-0.2, 0) is 6.54 Å². The van der Waals surface area contributed by atoms with Gasteiger partial charge >= 0.3 is 0 Å². The molecular weight excluding hydrogens is 285 g/mol. The summed E-state index contributed by atoms with van der Waals surface area (Å²) in [5.74, 6) is 0. The van der Waals surface area contributed by atoms with Gasteiger partial charge in [-0.15, -0.1) is 0 Å². The summed E-state index contributed by atoms with van der Waals surface area (Å²) in [5, 5.41) is 1.09. The summed E-state index contributed by atoms with van der Waals surface area (Å²) in [5.41, 5.74) is 0.929. The predicted molar refractivity (Wildman–Crippen MR) is 75.0 cm³/mol. The molecule has 2 aromatic heterocycles. The van der Waals surface area contributed by atoms with E-state index in [1.54, 1.807) is 47.4 Å². The van der Waals surface area contributed by atoms with Crippen LogP contribution in [0.1, 0.15) is 5.56 Å². The number of imidazole rings is 1. The molecule has 96 valence electrons. The predicted octanol–water partition coefficient (Wildman–Crippen LogP) is 2.85. The molecule has 0 amide bonds. The van der Waals surface area contributed by atoms with Gasteiger partial charge < -0.3 is 8.97 Å². The molecule has 2 heterocycles. The van der Waals surface area contributed by atoms with Gasteiger partial charge in [0.15, 0.2) is 0 Å². The largest absolute Gasteiger partial charge is 0.306 e. The summed E-state index contributed by atoms with van der Waals surface area (Å²) < 4.78 is 3.21. The summed E-state index contributed by atoms with van der Waals surface area (Å²) in [6, 6.07) is 5.28. The van der Waals surface area contributed by atoms with Crippen molar-refractivity contribution < 1.29 is 0 Å². The minimum Gasteiger partial charge on any atom is -0.306 e. The third-order valence-electron chi connectivity index (χ3n) is 2.92. The molecule has 3 rings (SSSR count). The van der Waals surface area contributed by atoms with Crippen LogP contribution in [0.25, 0.3) is 5.65 Å². The first kappa shape index (κ1) is 12.3. The Morgan fingerprint density at radius 2 is 1.84 bits per heavy atom. The van der Waals surface area contributed by atoms with Crippen LogP contribution in [0, 0.1) is 0 Å². The highest BCUT2D eigenvalue weighted by Crippen LogP contribution is 2.24. The fourth-order valence-corrected chi connectivity index (χ4v) is 2.44. The Hall–Kier alpha value is -1.78. The van der Waals surface area contributed by atoms with E-state index in [-0.39, 0.29) is 5.56 Å². The van der Waals surface area contributed by atoms with E-state index in [0.717, 1.165) is 5.56 Å². The normalized spacial score (nSPS) is 11.1. The molecule has 0 radical (unpaired) electrons. The van der Waals surface area contributed by atoms with Crippen molar-refractivity contribution in [3.63, 3.8) is 0 Å². The van der Waals surface area contributed by atoms with E-state index in [0.29, 0.717) is 22.2 Å². The molecule has 0 spiro atoms. The van der Waals surface area contributed by atoms with Crippen LogP contribution < -0.4 is 5.56 Å². The van der Waals surface area contributed by atoms with Crippen molar-refractivity contribution in [1.29, 1.82) is 0 Å². The Labute approximate surface area is 118 Å². The fourth-order valence-electron chi connectivity index (χ4n) is 1.93. The number of nitrogens with zero attached hydrogens (tertiary/aromatic N) is 3. The summed E-state index contributed by atoms with van der Waals surface area (Å²) in [7, 11) is 0. The minimum absolute atomic E-state index is 0.177. The molecular formula is C13H9Cl2N3O. The molecule has 0 fully saturated rings. The van der Waals surface area contributed by atoms with E-state index in [4.69, 9.17) is 23.2 Å². The SMILES string of the molecule is O=c1c2nccn2ccn1Cc1c(Cl)cccc1Cl. The Kier molecular flexibility index (Phi) is 3.05. The van der Waals surface area contributed by atoms with Crippen molar-refractivity contribution >= 4 is 28.8 Å². The zero-order chi connectivity index (χ0) is 13.4. The molecule has 0 unspecified atom stereocenters. The van der Waals surface area contributed by atoms with Crippen molar-refractivity contribution in [2.75, 3.05) is 0 Å². The summed E-state index contributed by atoms with van der Waals surface area (Å²) in [6.45, 7) is 0.320. The molecule has 0 saturated carbocycles. The van der Waals surface area contributed by atoms with E-state index < -0.39 is 0 Å². The maximum Gasteiger partial charge on any atom is 0.294 e. The topological polar surface area (TPSA) is 39.3 Å². The zero-order valence-corrected chi connectivity index (χ0v) is 11.3. The van der Waals surface area contributed by atoms with Gasteiger partial charge in [0.25, 0.3) is 5.56 Å². The summed E-state index contributed by atoms with van der Waals surface area (Å²) in [6.07, 6.45) is 6.78. The van der Waals surface area contributed by atoms with E-state index in [1.165, 1.54) is 4.57 Å². The highest BCUT2D eigenvalue weighted by molar-refractivity contribution is 6.35. The van der Waals surface area contributed by atoms with E-state index in [9.17, 15) is 4.79 Å². The van der Waals surface area contributed by atoms with Gasteiger partial charge in [-0.25, -0.2) is 4.98 Å². The second-order valence-electron chi connectivity index (χ2n) is 4.09. The number of fused-ring (bicyclic) bond motifs is 1. The van der Waals surface area contributed by atoms with Crippen LogP contribution in [-0.4, -0.2) is 14.0 Å². The number of hydrogen-bond acceptors (Lipinski definition) is 2. The molecule has 0 bridgehead atoms. The van der Waals surface area contributed by atoms with E-state index in [2.05, 4.69) is 4.98 Å². The monoisotopic (exact) mass is 293 g/mol. The second-order valence-corrected chi connectivity index (χ2v) is 4.90. The molecule has 0 aliphatic heterocycles. The van der Waals surface area contributed by atoms with Gasteiger partial charge in [0.1, 0.15) is 0 Å². The first-order valence-corrected chi connectivity index (χ1v) is 6.37. The maximum atomic E-state index is 12.2. The fraction of sp³-hybridized carbons (Fsp3) is 0.0769. The van der Waals surface area contributed by atoms with Crippen molar-refractivity contribution in [2.45, 2.75) is 6.54 Å². The third kappa shape index (κ3) is 2.13. The molecule has 1 aromatic carbocycles. The van der Waals surface area contributed by atoms with Crippen LogP contribution in [0.4, 0.5) is 0 Å². The molecule has 0 saturated heterocycles. The van der Waals surface area contributed by atoms with Crippen LogP contribution >= 0.6 is 23.2 Å². The van der Waals surface area contributed by atoms with Gasteiger partial charge in [0.05, 0.1) is 6.54 Å². The quantitative estimate of drug-likeness (QED) is 0.729. The maximum absolute atomic E-state index is 12.2. The number of halogens is 2. The lowest BCUT2D eigenvalue weighted by Crippen LogP contribution is -2.22. The molecule has 6 heteroatoms. The Morgan fingerprint density at radius 3 is 2.58 bits per heavy atom. The van der Waals surface area contributed by atoms with Gasteiger partial charge in [0, 0.05) is 40.4 Å².